The number of carbonyl (C=O) groups excluding carboxylic acids is 1. The van der Waals surface area contributed by atoms with Crippen LogP contribution in [0.4, 0.5) is 5.69 Å². The molecular weight excluding hydrogens is 250 g/mol. The minimum Gasteiger partial charge on any atom is -0.324 e. The summed E-state index contributed by atoms with van der Waals surface area (Å²) in [6.45, 7) is 5.62. The lowest BCUT2D eigenvalue weighted by Gasteiger charge is -2.31. The van der Waals surface area contributed by atoms with Crippen molar-refractivity contribution >= 4 is 23.2 Å². The molecule has 4 nitrogen and oxygen atoms in total. The predicted octanol–water partition coefficient (Wildman–Crippen LogP) is 1.55. The molecule has 96 valence electrons. The van der Waals surface area contributed by atoms with E-state index in [9.17, 15) is 4.79 Å². The van der Waals surface area contributed by atoms with Crippen LogP contribution in [-0.4, -0.2) is 37.0 Å². The van der Waals surface area contributed by atoms with Crippen LogP contribution in [0, 0.1) is 6.92 Å². The lowest BCUT2D eigenvalue weighted by molar-refractivity contribution is -0.121. The highest BCUT2D eigenvalue weighted by atomic mass is 35.5. The van der Waals surface area contributed by atoms with Crippen LogP contribution in [0.2, 0.25) is 5.02 Å². The van der Waals surface area contributed by atoms with Crippen molar-refractivity contribution in [3.8, 4) is 0 Å². The van der Waals surface area contributed by atoms with Gasteiger partial charge in [-0.05, 0) is 18.6 Å². The van der Waals surface area contributed by atoms with Crippen molar-refractivity contribution in [3.63, 3.8) is 0 Å². The van der Waals surface area contributed by atoms with E-state index >= 15 is 0 Å². The molecule has 2 heterocycles. The summed E-state index contributed by atoms with van der Waals surface area (Å²) >= 11 is 6.10. The van der Waals surface area contributed by atoms with Gasteiger partial charge in [0.15, 0.2) is 0 Å². The Morgan fingerprint density at radius 2 is 2.06 bits per heavy atom. The molecule has 0 bridgehead atoms. The molecule has 5 heteroatoms. The van der Waals surface area contributed by atoms with Gasteiger partial charge in [0.25, 0.3) is 0 Å². The summed E-state index contributed by atoms with van der Waals surface area (Å²) < 4.78 is 0. The van der Waals surface area contributed by atoms with E-state index in [-0.39, 0.29) is 11.9 Å². The van der Waals surface area contributed by atoms with Gasteiger partial charge in [-0.2, -0.15) is 0 Å². The van der Waals surface area contributed by atoms with Crippen LogP contribution in [0.15, 0.2) is 12.1 Å². The third kappa shape index (κ3) is 1.81. The van der Waals surface area contributed by atoms with Gasteiger partial charge >= 0.3 is 0 Å². The average molecular weight is 266 g/mol. The average Bonchev–Trinajstić information content (AvgIpc) is 2.72. The van der Waals surface area contributed by atoms with Crippen LogP contribution in [0.25, 0.3) is 0 Å². The van der Waals surface area contributed by atoms with E-state index in [0.717, 1.165) is 43.0 Å². The first kappa shape index (κ1) is 12.0. The van der Waals surface area contributed by atoms with Crippen molar-refractivity contribution in [2.45, 2.75) is 13.0 Å². The number of halogens is 1. The standard InChI is InChI=1S/C13H16ClN3O/c1-8-10(14)3-2-9-11(8)16-13(18)12(9)17-6-4-15-5-7-17/h2-3,12,15H,4-7H2,1H3,(H,16,18). The number of carbonyl (C=O) groups is 1. The first-order chi connectivity index (χ1) is 8.68. The molecule has 0 aromatic heterocycles. The summed E-state index contributed by atoms with van der Waals surface area (Å²) in [4.78, 5) is 14.4. The highest BCUT2D eigenvalue weighted by Gasteiger charge is 2.36. The molecule has 1 fully saturated rings. The second-order valence-electron chi connectivity index (χ2n) is 4.81. The predicted molar refractivity (Wildman–Crippen MR) is 72.0 cm³/mol. The zero-order chi connectivity index (χ0) is 12.7. The molecule has 2 aliphatic rings. The van der Waals surface area contributed by atoms with Crippen molar-refractivity contribution < 1.29 is 4.79 Å². The molecule has 3 rings (SSSR count). The smallest absolute Gasteiger partial charge is 0.246 e. The lowest BCUT2D eigenvalue weighted by Crippen LogP contribution is -2.46. The summed E-state index contributed by atoms with van der Waals surface area (Å²) in [5, 5.41) is 6.98. The molecule has 1 unspecified atom stereocenters. The number of hydrogen-bond donors (Lipinski definition) is 2. The molecule has 1 saturated heterocycles. The van der Waals surface area contributed by atoms with Gasteiger partial charge in [0, 0.05) is 36.8 Å². The van der Waals surface area contributed by atoms with Gasteiger partial charge in [-0.1, -0.05) is 17.7 Å². The van der Waals surface area contributed by atoms with E-state index < -0.39 is 0 Å². The molecule has 0 aliphatic carbocycles. The van der Waals surface area contributed by atoms with Gasteiger partial charge in [-0.25, -0.2) is 0 Å². The third-order valence-corrected chi connectivity index (χ3v) is 4.15. The largest absolute Gasteiger partial charge is 0.324 e. The Balaban J connectivity index is 1.99. The minimum atomic E-state index is -0.155. The number of rotatable bonds is 1. The van der Waals surface area contributed by atoms with Crippen molar-refractivity contribution in [3.05, 3.63) is 28.3 Å². The van der Waals surface area contributed by atoms with Gasteiger partial charge in [0.1, 0.15) is 6.04 Å². The second-order valence-corrected chi connectivity index (χ2v) is 5.22. The van der Waals surface area contributed by atoms with E-state index in [1.54, 1.807) is 0 Å². The van der Waals surface area contributed by atoms with Crippen LogP contribution in [0.5, 0.6) is 0 Å². The fourth-order valence-electron chi connectivity index (χ4n) is 2.74. The van der Waals surface area contributed by atoms with Crippen molar-refractivity contribution in [1.82, 2.24) is 10.2 Å². The molecule has 1 atom stereocenters. The molecule has 2 aliphatic heterocycles. The molecule has 1 aromatic rings. The Bertz CT molecular complexity index is 497. The zero-order valence-electron chi connectivity index (χ0n) is 10.3. The Hall–Kier alpha value is -1.10. The van der Waals surface area contributed by atoms with Gasteiger partial charge < -0.3 is 10.6 Å². The van der Waals surface area contributed by atoms with E-state index in [2.05, 4.69) is 15.5 Å². The van der Waals surface area contributed by atoms with Crippen LogP contribution in [0.3, 0.4) is 0 Å². The first-order valence-corrected chi connectivity index (χ1v) is 6.61. The fourth-order valence-corrected chi connectivity index (χ4v) is 2.89. The minimum absolute atomic E-state index is 0.0669. The van der Waals surface area contributed by atoms with Crippen LogP contribution < -0.4 is 10.6 Å². The van der Waals surface area contributed by atoms with E-state index in [1.807, 2.05) is 19.1 Å². The van der Waals surface area contributed by atoms with E-state index in [4.69, 9.17) is 11.6 Å². The first-order valence-electron chi connectivity index (χ1n) is 6.23. The number of piperazine rings is 1. The summed E-state index contributed by atoms with van der Waals surface area (Å²) in [5.74, 6) is 0.0669. The molecule has 18 heavy (non-hydrogen) atoms. The molecule has 1 amide bonds. The van der Waals surface area contributed by atoms with Crippen molar-refractivity contribution in [2.24, 2.45) is 0 Å². The summed E-state index contributed by atoms with van der Waals surface area (Å²) in [7, 11) is 0. The van der Waals surface area contributed by atoms with Gasteiger partial charge in [0.05, 0.1) is 5.69 Å². The molecule has 2 N–H and O–H groups in total. The van der Waals surface area contributed by atoms with Crippen molar-refractivity contribution in [2.75, 3.05) is 31.5 Å². The maximum absolute atomic E-state index is 12.2. The number of amides is 1. The maximum Gasteiger partial charge on any atom is 0.246 e. The van der Waals surface area contributed by atoms with Crippen LogP contribution >= 0.6 is 11.6 Å². The topological polar surface area (TPSA) is 44.4 Å². The molecule has 0 saturated carbocycles. The van der Waals surface area contributed by atoms with Crippen molar-refractivity contribution in [1.29, 1.82) is 0 Å². The quantitative estimate of drug-likeness (QED) is 0.810. The number of benzene rings is 1. The fraction of sp³-hybridized carbons (Fsp3) is 0.462. The normalized spacial score (nSPS) is 23.9. The zero-order valence-corrected chi connectivity index (χ0v) is 11.0. The molecular formula is C13H16ClN3O. The summed E-state index contributed by atoms with van der Waals surface area (Å²) in [5.41, 5.74) is 2.92. The van der Waals surface area contributed by atoms with E-state index in [1.165, 1.54) is 0 Å². The Morgan fingerprint density at radius 3 is 2.78 bits per heavy atom. The highest BCUT2D eigenvalue weighted by molar-refractivity contribution is 6.32. The monoisotopic (exact) mass is 265 g/mol. The number of nitrogens with one attached hydrogen (secondary N) is 2. The molecule has 0 spiro atoms. The lowest BCUT2D eigenvalue weighted by atomic mass is 10.0. The molecule has 1 aromatic carbocycles. The third-order valence-electron chi connectivity index (χ3n) is 3.74. The second kappa shape index (κ2) is 4.53. The van der Waals surface area contributed by atoms with Gasteiger partial charge in [0.2, 0.25) is 5.91 Å². The van der Waals surface area contributed by atoms with Gasteiger partial charge in [-0.15, -0.1) is 0 Å². The highest BCUT2D eigenvalue weighted by Crippen LogP contribution is 2.39. The number of nitrogens with zero attached hydrogens (tertiary/aromatic N) is 1. The maximum atomic E-state index is 12.2. The Morgan fingerprint density at radius 1 is 1.33 bits per heavy atom. The van der Waals surface area contributed by atoms with E-state index in [0.29, 0.717) is 5.02 Å². The number of anilines is 1. The summed E-state index contributed by atoms with van der Waals surface area (Å²) in [6, 6.07) is 3.69. The molecule has 0 radical (unpaired) electrons. The Kier molecular flexibility index (Phi) is 3.01. The number of hydrogen-bond acceptors (Lipinski definition) is 3. The van der Waals surface area contributed by atoms with Gasteiger partial charge in [-0.3, -0.25) is 9.69 Å². The van der Waals surface area contributed by atoms with Crippen LogP contribution in [-0.2, 0) is 4.79 Å². The number of fused-ring (bicyclic) bond motifs is 1. The summed E-state index contributed by atoms with van der Waals surface area (Å²) in [6.07, 6.45) is 0. The van der Waals surface area contributed by atoms with Crippen LogP contribution in [0.1, 0.15) is 17.2 Å². The SMILES string of the molecule is Cc1c(Cl)ccc2c1NC(=O)C2N1CCNCC1. The Labute approximate surface area is 111 Å².